The average molecular weight is 437 g/mol. The number of fused-ring (bicyclic) bond motifs is 1. The highest BCUT2D eigenvalue weighted by Gasteiger charge is 2.31. The van der Waals surface area contributed by atoms with Crippen molar-refractivity contribution in [2.24, 2.45) is 10.7 Å². The molecule has 4 rings (SSSR count). The Labute approximate surface area is 187 Å². The highest BCUT2D eigenvalue weighted by molar-refractivity contribution is 7.07. The molecule has 31 heavy (non-hydrogen) atoms. The summed E-state index contributed by atoms with van der Waals surface area (Å²) in [6.45, 7) is 5.06. The molecule has 2 atom stereocenters. The number of hydrogen-bond donors (Lipinski definition) is 1. The van der Waals surface area contributed by atoms with Crippen LogP contribution in [0, 0.1) is 5.82 Å². The number of benzene rings is 2. The molecule has 162 valence electrons. The van der Waals surface area contributed by atoms with E-state index < -0.39 is 0 Å². The van der Waals surface area contributed by atoms with Gasteiger partial charge in [0.15, 0.2) is 0 Å². The summed E-state index contributed by atoms with van der Waals surface area (Å²) in [4.78, 5) is 9.93. The summed E-state index contributed by atoms with van der Waals surface area (Å²) in [6, 6.07) is 19.6. The Morgan fingerprint density at radius 2 is 1.87 bits per heavy atom. The fourth-order valence-electron chi connectivity index (χ4n) is 4.21. The molecule has 0 aliphatic carbocycles. The van der Waals surface area contributed by atoms with Crippen LogP contribution in [-0.4, -0.2) is 35.1 Å². The Balaban J connectivity index is 1.65. The molecule has 0 radical (unpaired) electrons. The Hall–Kier alpha value is -2.54. The van der Waals surface area contributed by atoms with Gasteiger partial charge in [-0.25, -0.2) is 9.38 Å². The van der Waals surface area contributed by atoms with Gasteiger partial charge in [-0.05, 0) is 41.1 Å². The van der Waals surface area contributed by atoms with Gasteiger partial charge in [0.2, 0.25) is 0 Å². The second-order valence-corrected chi connectivity index (χ2v) is 8.77. The monoisotopic (exact) mass is 436 g/mol. The molecule has 2 unspecified atom stereocenters. The fourth-order valence-corrected chi connectivity index (χ4v) is 4.98. The van der Waals surface area contributed by atoms with Crippen LogP contribution in [0.25, 0.3) is 6.20 Å². The molecule has 2 N–H and O–H groups in total. The Morgan fingerprint density at radius 1 is 1.10 bits per heavy atom. The first-order chi connectivity index (χ1) is 15.2. The zero-order valence-electron chi connectivity index (χ0n) is 17.8. The molecular weight excluding hydrogens is 407 g/mol. The van der Waals surface area contributed by atoms with Gasteiger partial charge in [-0.2, -0.15) is 0 Å². The molecule has 0 saturated heterocycles. The maximum absolute atomic E-state index is 13.4. The fraction of sp³-hybridized carbons (Fsp3) is 0.320. The van der Waals surface area contributed by atoms with Crippen LogP contribution in [0.2, 0.25) is 0 Å². The molecular formula is C25H29FN4S. The van der Waals surface area contributed by atoms with Crippen molar-refractivity contribution in [2.45, 2.75) is 38.6 Å². The topological polar surface area (TPSA) is 44.9 Å². The number of hydrogen-bond acceptors (Lipinski definition) is 5. The van der Waals surface area contributed by atoms with Crippen molar-refractivity contribution < 1.29 is 4.39 Å². The Kier molecular flexibility index (Phi) is 7.12. The third kappa shape index (κ3) is 5.21. The summed E-state index contributed by atoms with van der Waals surface area (Å²) in [7, 11) is 0. The van der Waals surface area contributed by atoms with E-state index in [0.29, 0.717) is 6.54 Å². The van der Waals surface area contributed by atoms with Gasteiger partial charge >= 0.3 is 0 Å². The third-order valence-electron chi connectivity index (χ3n) is 5.72. The maximum atomic E-state index is 13.4. The van der Waals surface area contributed by atoms with Crippen LogP contribution < -0.4 is 15.6 Å². The predicted octanol–water partition coefficient (Wildman–Crippen LogP) is 3.33. The van der Waals surface area contributed by atoms with E-state index in [1.54, 1.807) is 11.3 Å². The number of halogens is 1. The molecule has 2 aromatic carbocycles. The SMILES string of the molecule is CCC(C1N=c2sccc2=CN1Cc1ccccc1)N(CCN)Cc1ccc(F)cc1. The lowest BCUT2D eigenvalue weighted by molar-refractivity contribution is 0.102. The molecule has 0 spiro atoms. The predicted molar refractivity (Wildman–Crippen MR) is 125 cm³/mol. The van der Waals surface area contributed by atoms with Gasteiger partial charge in [-0.1, -0.05) is 49.4 Å². The van der Waals surface area contributed by atoms with Crippen LogP contribution in [0.3, 0.4) is 0 Å². The Bertz CT molecular complexity index is 1080. The lowest BCUT2D eigenvalue weighted by atomic mass is 10.1. The van der Waals surface area contributed by atoms with Gasteiger partial charge in [-0.15, -0.1) is 11.3 Å². The van der Waals surface area contributed by atoms with E-state index >= 15 is 0 Å². The summed E-state index contributed by atoms with van der Waals surface area (Å²) in [5, 5.41) is 3.28. The highest BCUT2D eigenvalue weighted by atomic mass is 32.1. The van der Waals surface area contributed by atoms with Gasteiger partial charge < -0.3 is 10.6 Å². The van der Waals surface area contributed by atoms with E-state index in [9.17, 15) is 4.39 Å². The van der Waals surface area contributed by atoms with Crippen molar-refractivity contribution in [3.8, 4) is 0 Å². The normalized spacial score (nSPS) is 16.5. The molecule has 1 aliphatic rings. The van der Waals surface area contributed by atoms with Gasteiger partial charge in [0.05, 0.1) is 6.04 Å². The molecule has 0 fully saturated rings. The number of nitrogens with two attached hydrogens (primary N) is 1. The number of thiophene rings is 1. The van der Waals surface area contributed by atoms with Crippen molar-refractivity contribution in [1.29, 1.82) is 0 Å². The van der Waals surface area contributed by atoms with Crippen LogP contribution in [0.15, 0.2) is 71.0 Å². The molecule has 1 aliphatic heterocycles. The summed E-state index contributed by atoms with van der Waals surface area (Å²) in [6.07, 6.45) is 3.18. The lowest BCUT2D eigenvalue weighted by Crippen LogP contribution is -2.53. The molecule has 3 aromatic rings. The highest BCUT2D eigenvalue weighted by Crippen LogP contribution is 2.22. The smallest absolute Gasteiger partial charge is 0.138 e. The van der Waals surface area contributed by atoms with E-state index in [1.165, 1.54) is 22.9 Å². The Morgan fingerprint density at radius 3 is 2.58 bits per heavy atom. The molecule has 0 amide bonds. The van der Waals surface area contributed by atoms with Gasteiger partial charge in [0.1, 0.15) is 16.7 Å². The zero-order valence-corrected chi connectivity index (χ0v) is 18.6. The van der Waals surface area contributed by atoms with Crippen LogP contribution in [0.1, 0.15) is 24.5 Å². The average Bonchev–Trinajstić information content (AvgIpc) is 3.24. The van der Waals surface area contributed by atoms with Crippen molar-refractivity contribution in [1.82, 2.24) is 9.80 Å². The van der Waals surface area contributed by atoms with Crippen LogP contribution in [0.5, 0.6) is 0 Å². The molecule has 0 bridgehead atoms. The number of rotatable bonds is 9. The number of nitrogens with zero attached hydrogens (tertiary/aromatic N) is 3. The van der Waals surface area contributed by atoms with E-state index in [-0.39, 0.29) is 18.0 Å². The minimum absolute atomic E-state index is 0.0108. The molecule has 4 nitrogen and oxygen atoms in total. The van der Waals surface area contributed by atoms with E-state index in [1.807, 2.05) is 18.2 Å². The summed E-state index contributed by atoms with van der Waals surface area (Å²) >= 11 is 1.69. The lowest BCUT2D eigenvalue weighted by Gasteiger charge is -2.40. The largest absolute Gasteiger partial charge is 0.350 e. The molecule has 0 saturated carbocycles. The second kappa shape index (κ2) is 10.2. The minimum atomic E-state index is -0.211. The van der Waals surface area contributed by atoms with E-state index in [2.05, 4.69) is 58.6 Å². The minimum Gasteiger partial charge on any atom is -0.350 e. The first kappa shape index (κ1) is 21.7. The van der Waals surface area contributed by atoms with Crippen molar-refractivity contribution in [3.05, 3.63) is 92.9 Å². The third-order valence-corrected chi connectivity index (χ3v) is 6.56. The van der Waals surface area contributed by atoms with Crippen LogP contribution in [-0.2, 0) is 13.1 Å². The van der Waals surface area contributed by atoms with Gasteiger partial charge in [0.25, 0.3) is 0 Å². The molecule has 6 heteroatoms. The standard InChI is InChI=1S/C25H29FN4S/c1-2-23(29(14-13-27)16-20-8-10-22(26)11-9-20)24-28-25-21(12-15-31-25)18-30(24)17-19-6-4-3-5-7-19/h3-12,15,18,23-24H,2,13-14,16-17,27H2,1H3. The van der Waals surface area contributed by atoms with Crippen molar-refractivity contribution in [3.63, 3.8) is 0 Å². The van der Waals surface area contributed by atoms with Crippen molar-refractivity contribution in [2.75, 3.05) is 13.1 Å². The van der Waals surface area contributed by atoms with Crippen molar-refractivity contribution >= 4 is 17.5 Å². The summed E-state index contributed by atoms with van der Waals surface area (Å²) in [5.41, 5.74) is 8.34. The van der Waals surface area contributed by atoms with E-state index in [0.717, 1.165) is 36.3 Å². The summed E-state index contributed by atoms with van der Waals surface area (Å²) < 4.78 is 14.5. The first-order valence-electron chi connectivity index (χ1n) is 10.8. The molecule has 2 heterocycles. The second-order valence-electron chi connectivity index (χ2n) is 7.87. The van der Waals surface area contributed by atoms with Gasteiger partial charge in [0, 0.05) is 37.6 Å². The zero-order chi connectivity index (χ0) is 21.6. The van der Waals surface area contributed by atoms with Crippen LogP contribution >= 0.6 is 11.3 Å². The van der Waals surface area contributed by atoms with E-state index in [4.69, 9.17) is 10.7 Å². The van der Waals surface area contributed by atoms with Gasteiger partial charge in [-0.3, -0.25) is 4.90 Å². The van der Waals surface area contributed by atoms with Crippen LogP contribution in [0.4, 0.5) is 4.39 Å². The summed E-state index contributed by atoms with van der Waals surface area (Å²) in [5.74, 6) is -0.211. The quantitative estimate of drug-likeness (QED) is 0.560. The molecule has 1 aromatic heterocycles. The first-order valence-corrected chi connectivity index (χ1v) is 11.7. The maximum Gasteiger partial charge on any atom is 0.138 e.